The van der Waals surface area contributed by atoms with E-state index in [0.29, 0.717) is 13.2 Å². The van der Waals surface area contributed by atoms with Gasteiger partial charge in [0.15, 0.2) is 11.8 Å². The molecule has 1 aliphatic carbocycles. The summed E-state index contributed by atoms with van der Waals surface area (Å²) in [7, 11) is 0. The minimum Gasteiger partial charge on any atom is -0.494 e. The lowest BCUT2D eigenvalue weighted by Gasteiger charge is -2.37. The third kappa shape index (κ3) is 5.03. The van der Waals surface area contributed by atoms with E-state index >= 15 is 0 Å². The molecule has 1 unspecified atom stereocenters. The van der Waals surface area contributed by atoms with Crippen molar-refractivity contribution in [2.75, 3.05) is 37.6 Å². The van der Waals surface area contributed by atoms with Crippen LogP contribution in [0.25, 0.3) is 0 Å². The summed E-state index contributed by atoms with van der Waals surface area (Å²) in [6.07, 6.45) is 8.94. The molecule has 0 bridgehead atoms. The monoisotopic (exact) mass is 463 g/mol. The van der Waals surface area contributed by atoms with Crippen LogP contribution >= 0.6 is 0 Å². The van der Waals surface area contributed by atoms with Crippen molar-refractivity contribution in [3.05, 3.63) is 65.6 Å². The van der Waals surface area contributed by atoms with Gasteiger partial charge in [-0.15, -0.1) is 0 Å². The molecule has 2 aliphatic rings. The van der Waals surface area contributed by atoms with Crippen molar-refractivity contribution in [3.8, 4) is 11.8 Å². The maximum absolute atomic E-state index is 10.9. The maximum Gasteiger partial charge on any atom is 0.197 e. The number of aromatic hydroxyl groups is 2. The van der Waals surface area contributed by atoms with Crippen molar-refractivity contribution in [1.29, 1.82) is 0 Å². The van der Waals surface area contributed by atoms with Gasteiger partial charge in [-0.3, -0.25) is 14.5 Å². The molecule has 3 aromatic rings. The van der Waals surface area contributed by atoms with Gasteiger partial charge in [-0.05, 0) is 49.4 Å². The highest BCUT2D eigenvalue weighted by Crippen LogP contribution is 2.39. The first-order valence-corrected chi connectivity index (χ1v) is 12.2. The molecule has 34 heavy (non-hydrogen) atoms. The SMILES string of the molecule is Oc1c2c(c(O)n1CC(CN1CCN(c3ccccn3)CC1)OCc1cccnc1)CCCC2. The molecule has 0 spiro atoms. The molecule has 8 nitrogen and oxygen atoms in total. The molecule has 1 saturated heterocycles. The van der Waals surface area contributed by atoms with E-state index in [1.807, 2.05) is 36.7 Å². The van der Waals surface area contributed by atoms with Gasteiger partial charge in [0.05, 0.1) is 19.3 Å². The van der Waals surface area contributed by atoms with Gasteiger partial charge in [-0.25, -0.2) is 4.98 Å². The van der Waals surface area contributed by atoms with E-state index in [4.69, 9.17) is 4.74 Å². The lowest BCUT2D eigenvalue weighted by molar-refractivity contribution is 0.00191. The number of piperazine rings is 1. The predicted molar refractivity (Wildman–Crippen MR) is 130 cm³/mol. The van der Waals surface area contributed by atoms with Crippen molar-refractivity contribution in [2.45, 2.75) is 44.9 Å². The summed E-state index contributed by atoms with van der Waals surface area (Å²) in [5.41, 5.74) is 2.81. The first-order valence-electron chi connectivity index (χ1n) is 12.2. The van der Waals surface area contributed by atoms with Crippen LogP contribution in [0.2, 0.25) is 0 Å². The van der Waals surface area contributed by atoms with E-state index < -0.39 is 0 Å². The van der Waals surface area contributed by atoms with Crippen molar-refractivity contribution >= 4 is 5.82 Å². The molecule has 8 heteroatoms. The first-order chi connectivity index (χ1) is 16.7. The highest BCUT2D eigenvalue weighted by Gasteiger charge is 2.28. The fourth-order valence-corrected chi connectivity index (χ4v) is 5.05. The van der Waals surface area contributed by atoms with Gasteiger partial charge >= 0.3 is 0 Å². The Balaban J connectivity index is 1.28. The van der Waals surface area contributed by atoms with Crippen molar-refractivity contribution in [3.63, 3.8) is 0 Å². The van der Waals surface area contributed by atoms with Crippen molar-refractivity contribution in [1.82, 2.24) is 19.4 Å². The summed E-state index contributed by atoms with van der Waals surface area (Å²) in [5.74, 6) is 1.41. The van der Waals surface area contributed by atoms with E-state index in [-0.39, 0.29) is 17.9 Å². The number of hydrogen-bond acceptors (Lipinski definition) is 7. The zero-order valence-corrected chi connectivity index (χ0v) is 19.5. The molecule has 3 aromatic heterocycles. The fraction of sp³-hybridized carbons (Fsp3) is 0.462. The summed E-state index contributed by atoms with van der Waals surface area (Å²) in [5, 5.41) is 21.7. The molecule has 0 amide bonds. The minimum atomic E-state index is -0.188. The standard InChI is InChI=1S/C26H33N5O3/c32-25-22-7-1-2-8-23(22)26(33)31(25)18-21(34-19-20-6-5-10-27-16-20)17-29-12-14-30(15-13-29)24-9-3-4-11-28-24/h3-6,9-11,16,21,32-33H,1-2,7-8,12-15,17-19H2. The van der Waals surface area contributed by atoms with Crippen LogP contribution in [0, 0.1) is 0 Å². The Bertz CT molecular complexity index is 1040. The smallest absolute Gasteiger partial charge is 0.197 e. The number of nitrogens with zero attached hydrogens (tertiary/aromatic N) is 5. The second-order valence-corrected chi connectivity index (χ2v) is 9.19. The van der Waals surface area contributed by atoms with Crippen LogP contribution in [0.4, 0.5) is 5.82 Å². The van der Waals surface area contributed by atoms with Crippen LogP contribution in [-0.4, -0.2) is 68.5 Å². The van der Waals surface area contributed by atoms with Gasteiger partial charge in [0, 0.05) is 62.4 Å². The molecule has 4 heterocycles. The summed E-state index contributed by atoms with van der Waals surface area (Å²) in [6, 6.07) is 9.91. The van der Waals surface area contributed by atoms with E-state index in [0.717, 1.165) is 80.9 Å². The molecule has 0 aromatic carbocycles. The van der Waals surface area contributed by atoms with Gasteiger partial charge in [0.1, 0.15) is 5.82 Å². The number of aromatic nitrogens is 3. The Labute approximate surface area is 200 Å². The van der Waals surface area contributed by atoms with Crippen LogP contribution in [0.1, 0.15) is 29.5 Å². The van der Waals surface area contributed by atoms with Crippen molar-refractivity contribution < 1.29 is 14.9 Å². The number of pyridine rings is 2. The highest BCUT2D eigenvalue weighted by molar-refractivity contribution is 5.46. The maximum atomic E-state index is 10.9. The Hall–Kier alpha value is -3.10. The van der Waals surface area contributed by atoms with E-state index in [2.05, 4.69) is 25.8 Å². The van der Waals surface area contributed by atoms with Gasteiger partial charge < -0.3 is 19.8 Å². The van der Waals surface area contributed by atoms with Crippen LogP contribution < -0.4 is 4.90 Å². The predicted octanol–water partition coefficient (Wildman–Crippen LogP) is 2.98. The minimum absolute atomic E-state index is 0.188. The second-order valence-electron chi connectivity index (χ2n) is 9.19. The quantitative estimate of drug-likeness (QED) is 0.531. The average molecular weight is 464 g/mol. The fourth-order valence-electron chi connectivity index (χ4n) is 5.05. The zero-order chi connectivity index (χ0) is 23.3. The number of fused-ring (bicyclic) bond motifs is 1. The number of hydrogen-bond donors (Lipinski definition) is 2. The normalized spacial score (nSPS) is 17.5. The van der Waals surface area contributed by atoms with E-state index in [1.54, 1.807) is 10.8 Å². The third-order valence-corrected chi connectivity index (χ3v) is 6.92. The molecule has 180 valence electrons. The first kappa shape index (κ1) is 22.7. The Kier molecular flexibility index (Phi) is 6.97. The van der Waals surface area contributed by atoms with E-state index in [9.17, 15) is 10.2 Å². The number of anilines is 1. The number of rotatable bonds is 8. The summed E-state index contributed by atoms with van der Waals surface area (Å²) in [4.78, 5) is 13.4. The number of ether oxygens (including phenoxy) is 1. The molecule has 1 atom stereocenters. The summed E-state index contributed by atoms with van der Waals surface area (Å²) < 4.78 is 7.98. The van der Waals surface area contributed by atoms with E-state index in [1.165, 1.54) is 0 Å². The molecule has 0 radical (unpaired) electrons. The third-order valence-electron chi connectivity index (χ3n) is 6.92. The van der Waals surface area contributed by atoms with Crippen LogP contribution in [-0.2, 0) is 30.7 Å². The van der Waals surface area contributed by atoms with Crippen LogP contribution in [0.3, 0.4) is 0 Å². The lowest BCUT2D eigenvalue weighted by atomic mass is 9.95. The molecule has 1 fully saturated rings. The molecule has 0 saturated carbocycles. The summed E-state index contributed by atoms with van der Waals surface area (Å²) in [6.45, 7) is 5.19. The van der Waals surface area contributed by atoms with Gasteiger partial charge in [0.25, 0.3) is 0 Å². The molecule has 5 rings (SSSR count). The Morgan fingerprint density at radius 1 is 0.882 bits per heavy atom. The average Bonchev–Trinajstić information content (AvgIpc) is 3.14. The van der Waals surface area contributed by atoms with Crippen molar-refractivity contribution in [2.24, 2.45) is 0 Å². The molecule has 1 aliphatic heterocycles. The highest BCUT2D eigenvalue weighted by atomic mass is 16.5. The lowest BCUT2D eigenvalue weighted by Crippen LogP contribution is -2.49. The molecule has 2 N–H and O–H groups in total. The molecular weight excluding hydrogens is 430 g/mol. The topological polar surface area (TPSA) is 86.9 Å². The van der Waals surface area contributed by atoms with Crippen LogP contribution in [0.15, 0.2) is 48.9 Å². The summed E-state index contributed by atoms with van der Waals surface area (Å²) >= 11 is 0. The Morgan fingerprint density at radius 3 is 2.29 bits per heavy atom. The van der Waals surface area contributed by atoms with Gasteiger partial charge in [-0.1, -0.05) is 12.1 Å². The zero-order valence-electron chi connectivity index (χ0n) is 19.5. The second kappa shape index (κ2) is 10.4. The Morgan fingerprint density at radius 2 is 1.65 bits per heavy atom. The van der Waals surface area contributed by atoms with Crippen LogP contribution in [0.5, 0.6) is 11.8 Å². The van der Waals surface area contributed by atoms with Gasteiger partial charge in [0.2, 0.25) is 0 Å². The van der Waals surface area contributed by atoms with Gasteiger partial charge in [-0.2, -0.15) is 0 Å². The largest absolute Gasteiger partial charge is 0.494 e. The molecular formula is C26H33N5O3.